The van der Waals surface area contributed by atoms with Gasteiger partial charge in [0.25, 0.3) is 5.91 Å². The molecule has 3 rings (SSSR count). The maximum atomic E-state index is 12.4. The van der Waals surface area contributed by atoms with E-state index in [9.17, 15) is 18.5 Å². The van der Waals surface area contributed by atoms with E-state index in [1.54, 1.807) is 36.4 Å². The van der Waals surface area contributed by atoms with E-state index in [1.807, 2.05) is 19.1 Å². The Morgan fingerprint density at radius 3 is 2.45 bits per heavy atom. The number of carbonyl (C=O) groups is 1. The van der Waals surface area contributed by atoms with Gasteiger partial charge in [0.15, 0.2) is 5.75 Å². The normalized spacial score (nSPS) is 11.5. The molecule has 0 atom stereocenters. The molecule has 8 heteroatoms. The summed E-state index contributed by atoms with van der Waals surface area (Å²) >= 11 is 6.17. The van der Waals surface area contributed by atoms with Crippen LogP contribution >= 0.6 is 11.6 Å². The molecule has 31 heavy (non-hydrogen) atoms. The number of hydrogen-bond acceptors (Lipinski definition) is 5. The highest BCUT2D eigenvalue weighted by molar-refractivity contribution is 7.87. The third-order valence-corrected chi connectivity index (χ3v) is 5.68. The summed E-state index contributed by atoms with van der Waals surface area (Å²) in [6, 6.07) is 21.0. The van der Waals surface area contributed by atoms with Gasteiger partial charge in [0, 0.05) is 5.69 Å². The third-order valence-electron chi connectivity index (χ3n) is 4.14. The van der Waals surface area contributed by atoms with Gasteiger partial charge in [-0.1, -0.05) is 48.0 Å². The van der Waals surface area contributed by atoms with Gasteiger partial charge in [-0.25, -0.2) is 0 Å². The second-order valence-electron chi connectivity index (χ2n) is 6.53. The monoisotopic (exact) mass is 452 g/mol. The van der Waals surface area contributed by atoms with Gasteiger partial charge in [-0.15, -0.1) is 0 Å². The average Bonchev–Trinajstić information content (AvgIpc) is 2.74. The number of nitriles is 1. The first-order valence-electron chi connectivity index (χ1n) is 9.07. The first kappa shape index (κ1) is 22.1. The Labute approximate surface area is 185 Å². The molecule has 6 nitrogen and oxygen atoms in total. The number of halogens is 1. The van der Waals surface area contributed by atoms with Crippen molar-refractivity contribution in [1.29, 1.82) is 5.26 Å². The molecule has 0 aliphatic rings. The van der Waals surface area contributed by atoms with Gasteiger partial charge in [-0.2, -0.15) is 13.7 Å². The Morgan fingerprint density at radius 1 is 1.06 bits per heavy atom. The molecule has 1 amide bonds. The Bertz CT molecular complexity index is 1300. The molecule has 0 spiro atoms. The Balaban J connectivity index is 1.80. The van der Waals surface area contributed by atoms with Crippen LogP contribution in [0.1, 0.15) is 11.1 Å². The molecule has 0 unspecified atom stereocenters. The fourth-order valence-electron chi connectivity index (χ4n) is 2.66. The van der Waals surface area contributed by atoms with Crippen molar-refractivity contribution in [2.24, 2.45) is 0 Å². The lowest BCUT2D eigenvalue weighted by molar-refractivity contribution is -0.112. The van der Waals surface area contributed by atoms with Gasteiger partial charge >= 0.3 is 10.1 Å². The number of anilines is 1. The highest BCUT2D eigenvalue weighted by Crippen LogP contribution is 2.29. The summed E-state index contributed by atoms with van der Waals surface area (Å²) in [5.74, 6) is -0.637. The number of amides is 1. The summed E-state index contributed by atoms with van der Waals surface area (Å²) in [6.07, 6.45) is 1.35. The molecule has 0 fully saturated rings. The summed E-state index contributed by atoms with van der Waals surface area (Å²) < 4.78 is 29.8. The molecule has 0 bridgehead atoms. The van der Waals surface area contributed by atoms with Crippen LogP contribution in [0.25, 0.3) is 6.08 Å². The Hall–Kier alpha value is -3.60. The molecule has 0 saturated carbocycles. The van der Waals surface area contributed by atoms with Gasteiger partial charge < -0.3 is 9.50 Å². The molecule has 0 heterocycles. The fraction of sp³-hybridized carbons (Fsp3) is 0.0435. The standard InChI is InChI=1S/C23H17ClN2O4S/c1-16-6-5-7-19(12-16)26-23(27)18(15-25)13-17-10-11-22(21(24)14-17)30-31(28,29)20-8-3-2-4-9-20/h2-14H,1H3,(H,26,27)/b18-13+. The lowest BCUT2D eigenvalue weighted by Gasteiger charge is -2.09. The van der Waals surface area contributed by atoms with E-state index in [2.05, 4.69) is 5.32 Å². The third kappa shape index (κ3) is 5.72. The molecule has 0 radical (unpaired) electrons. The SMILES string of the molecule is Cc1cccc(NC(=O)/C(C#N)=C/c2ccc(OS(=O)(=O)c3ccccc3)c(Cl)c2)c1. The quantitative estimate of drug-likeness (QED) is 0.324. The minimum Gasteiger partial charge on any atom is -0.377 e. The lowest BCUT2D eigenvalue weighted by atomic mass is 10.1. The van der Waals surface area contributed by atoms with Crippen LogP contribution in [0.5, 0.6) is 5.75 Å². The van der Waals surface area contributed by atoms with Gasteiger partial charge in [0.1, 0.15) is 16.5 Å². The lowest BCUT2D eigenvalue weighted by Crippen LogP contribution is -2.13. The van der Waals surface area contributed by atoms with Crippen LogP contribution in [-0.4, -0.2) is 14.3 Å². The van der Waals surface area contributed by atoms with Crippen molar-refractivity contribution in [2.75, 3.05) is 5.32 Å². The van der Waals surface area contributed by atoms with E-state index >= 15 is 0 Å². The number of aryl methyl sites for hydroxylation is 1. The largest absolute Gasteiger partial charge is 0.377 e. The molecule has 0 aliphatic carbocycles. The second kappa shape index (κ2) is 9.47. The van der Waals surface area contributed by atoms with Crippen molar-refractivity contribution in [3.8, 4) is 11.8 Å². The smallest absolute Gasteiger partial charge is 0.339 e. The molecule has 1 N–H and O–H groups in total. The topological polar surface area (TPSA) is 96.3 Å². The zero-order valence-electron chi connectivity index (χ0n) is 16.4. The van der Waals surface area contributed by atoms with Crippen LogP contribution in [-0.2, 0) is 14.9 Å². The van der Waals surface area contributed by atoms with Crippen LogP contribution in [0.3, 0.4) is 0 Å². The minimum atomic E-state index is -4.04. The van der Waals surface area contributed by atoms with E-state index in [0.29, 0.717) is 11.3 Å². The summed E-state index contributed by atoms with van der Waals surface area (Å²) in [6.45, 7) is 1.89. The Kier molecular flexibility index (Phi) is 6.75. The molecule has 0 saturated heterocycles. The average molecular weight is 453 g/mol. The maximum absolute atomic E-state index is 12.4. The molecule has 156 valence electrons. The molecule has 0 aliphatic heterocycles. The summed E-state index contributed by atoms with van der Waals surface area (Å²) in [7, 11) is -4.04. The zero-order chi connectivity index (χ0) is 22.4. The van der Waals surface area contributed by atoms with E-state index in [-0.39, 0.29) is 21.2 Å². The minimum absolute atomic E-state index is 0.00498. The van der Waals surface area contributed by atoms with Crippen LogP contribution in [0, 0.1) is 18.3 Å². The van der Waals surface area contributed by atoms with Crippen molar-refractivity contribution in [3.05, 3.63) is 94.5 Å². The van der Waals surface area contributed by atoms with Crippen LogP contribution in [0.15, 0.2) is 83.3 Å². The van der Waals surface area contributed by atoms with Gasteiger partial charge in [0.2, 0.25) is 0 Å². The van der Waals surface area contributed by atoms with E-state index in [1.165, 1.54) is 36.4 Å². The fourth-order valence-corrected chi connectivity index (χ4v) is 3.91. The number of carbonyl (C=O) groups excluding carboxylic acids is 1. The predicted octanol–water partition coefficient (Wildman–Crippen LogP) is 4.96. The van der Waals surface area contributed by atoms with E-state index in [4.69, 9.17) is 15.8 Å². The van der Waals surface area contributed by atoms with Crippen LogP contribution < -0.4 is 9.50 Å². The summed E-state index contributed by atoms with van der Waals surface area (Å²) in [4.78, 5) is 12.4. The maximum Gasteiger partial charge on any atom is 0.339 e. The Morgan fingerprint density at radius 2 is 1.81 bits per heavy atom. The highest BCUT2D eigenvalue weighted by atomic mass is 35.5. The van der Waals surface area contributed by atoms with Crippen molar-refractivity contribution < 1.29 is 17.4 Å². The molecule has 3 aromatic rings. The molecule has 0 aromatic heterocycles. The second-order valence-corrected chi connectivity index (χ2v) is 8.49. The number of hydrogen-bond donors (Lipinski definition) is 1. The van der Waals surface area contributed by atoms with Gasteiger partial charge in [0.05, 0.1) is 5.02 Å². The zero-order valence-corrected chi connectivity index (χ0v) is 17.9. The van der Waals surface area contributed by atoms with Crippen molar-refractivity contribution in [2.45, 2.75) is 11.8 Å². The summed E-state index contributed by atoms with van der Waals surface area (Å²) in [5.41, 5.74) is 1.83. The van der Waals surface area contributed by atoms with E-state index < -0.39 is 16.0 Å². The number of rotatable bonds is 6. The number of nitrogens with one attached hydrogen (secondary N) is 1. The van der Waals surface area contributed by atoms with Crippen molar-refractivity contribution in [1.82, 2.24) is 0 Å². The predicted molar refractivity (Wildman–Crippen MR) is 119 cm³/mol. The first-order valence-corrected chi connectivity index (χ1v) is 10.9. The van der Waals surface area contributed by atoms with Crippen LogP contribution in [0.4, 0.5) is 5.69 Å². The highest BCUT2D eigenvalue weighted by Gasteiger charge is 2.18. The molecular weight excluding hydrogens is 436 g/mol. The first-order chi connectivity index (χ1) is 14.8. The van der Waals surface area contributed by atoms with E-state index in [0.717, 1.165) is 5.56 Å². The number of benzene rings is 3. The number of nitrogens with zero attached hydrogens (tertiary/aromatic N) is 1. The van der Waals surface area contributed by atoms with Crippen molar-refractivity contribution in [3.63, 3.8) is 0 Å². The van der Waals surface area contributed by atoms with Gasteiger partial charge in [-0.3, -0.25) is 4.79 Å². The van der Waals surface area contributed by atoms with Crippen LogP contribution in [0.2, 0.25) is 5.02 Å². The molecule has 3 aromatic carbocycles. The summed E-state index contributed by atoms with van der Waals surface area (Å²) in [5, 5.41) is 12.1. The molecular formula is C23H17ClN2O4S. The van der Waals surface area contributed by atoms with Crippen molar-refractivity contribution >= 4 is 39.4 Å². The van der Waals surface area contributed by atoms with Gasteiger partial charge in [-0.05, 0) is 60.5 Å².